The van der Waals surface area contributed by atoms with Crippen molar-refractivity contribution in [2.75, 3.05) is 0 Å². The Hall–Kier alpha value is -0.501. The summed E-state index contributed by atoms with van der Waals surface area (Å²) in [5.41, 5.74) is 3.24. The van der Waals surface area contributed by atoms with Crippen molar-refractivity contribution in [1.29, 1.82) is 0 Å². The van der Waals surface area contributed by atoms with E-state index in [1.807, 2.05) is 3.58 Å². The van der Waals surface area contributed by atoms with Crippen LogP contribution in [0.3, 0.4) is 0 Å². The van der Waals surface area contributed by atoms with Crippen LogP contribution in [0, 0.1) is 0 Å². The molecule has 136 valence electrons. The Bertz CT molecular complexity index is 669. The van der Waals surface area contributed by atoms with Gasteiger partial charge in [-0.3, -0.25) is 0 Å². The van der Waals surface area contributed by atoms with Gasteiger partial charge >= 0.3 is 160 Å². The molecule has 0 bridgehead atoms. The van der Waals surface area contributed by atoms with Crippen LogP contribution in [-0.4, -0.2) is 18.4 Å². The third-order valence-corrected chi connectivity index (χ3v) is 22.2. The number of aryl methyl sites for hydroxylation is 2. The first-order valence-corrected chi connectivity index (χ1v) is 18.3. The molecule has 1 aliphatic carbocycles. The zero-order valence-corrected chi connectivity index (χ0v) is 19.5. The van der Waals surface area contributed by atoms with Crippen LogP contribution in [-0.2, 0) is 12.8 Å². The SMILES string of the molecule is CCC[CH2][Sn]([CH2]CCC)([CH2]CCC)[c]1ccc2c3c(cccc13)CC2. The van der Waals surface area contributed by atoms with E-state index in [0.717, 1.165) is 0 Å². The second kappa shape index (κ2) is 8.93. The molecule has 0 nitrogen and oxygen atoms in total. The second-order valence-electron chi connectivity index (χ2n) is 8.20. The molecule has 0 fully saturated rings. The van der Waals surface area contributed by atoms with Crippen molar-refractivity contribution in [3.8, 4) is 0 Å². The van der Waals surface area contributed by atoms with E-state index in [-0.39, 0.29) is 0 Å². The average Bonchev–Trinajstić information content (AvgIpc) is 3.07. The molecule has 0 aromatic heterocycles. The van der Waals surface area contributed by atoms with Crippen LogP contribution < -0.4 is 3.58 Å². The monoisotopic (exact) mass is 444 g/mol. The van der Waals surface area contributed by atoms with Gasteiger partial charge in [-0.25, -0.2) is 0 Å². The summed E-state index contributed by atoms with van der Waals surface area (Å²) in [6, 6.07) is 12.3. The normalized spacial score (nSPS) is 13.7. The van der Waals surface area contributed by atoms with Gasteiger partial charge in [0.1, 0.15) is 0 Å². The van der Waals surface area contributed by atoms with Crippen LogP contribution in [0.15, 0.2) is 30.3 Å². The Kier molecular flexibility index (Phi) is 6.88. The van der Waals surface area contributed by atoms with Gasteiger partial charge in [-0.1, -0.05) is 0 Å². The van der Waals surface area contributed by atoms with E-state index in [2.05, 4.69) is 51.1 Å². The Morgan fingerprint density at radius 2 is 1.28 bits per heavy atom. The molecule has 0 radical (unpaired) electrons. The standard InChI is InChI=1S/C12H9.3C4H9.Sn/c1-3-9-4-2-6-11-8-7-10(5-1)12(9)11;3*1-3-4-2;/h1-3,5-6H,7-8H2;3*1,3-4H2,2H3;. The van der Waals surface area contributed by atoms with E-state index < -0.39 is 18.4 Å². The van der Waals surface area contributed by atoms with Crippen LogP contribution in [0.1, 0.15) is 70.4 Å². The Morgan fingerprint density at radius 3 is 1.84 bits per heavy atom. The molecule has 2 aromatic rings. The van der Waals surface area contributed by atoms with Gasteiger partial charge in [0, 0.05) is 0 Å². The van der Waals surface area contributed by atoms with E-state index in [0.29, 0.717) is 0 Å². The average molecular weight is 443 g/mol. The predicted octanol–water partition coefficient (Wildman–Crippen LogP) is 6.99. The molecule has 1 heteroatoms. The fourth-order valence-corrected chi connectivity index (χ4v) is 21.8. The van der Waals surface area contributed by atoms with Crippen LogP contribution in [0.25, 0.3) is 10.8 Å². The van der Waals surface area contributed by atoms with Gasteiger partial charge in [0.15, 0.2) is 0 Å². The van der Waals surface area contributed by atoms with Crippen LogP contribution in [0.4, 0.5) is 0 Å². The van der Waals surface area contributed by atoms with E-state index in [1.165, 1.54) is 51.4 Å². The van der Waals surface area contributed by atoms with Gasteiger partial charge in [0.2, 0.25) is 0 Å². The molecule has 0 aliphatic heterocycles. The quantitative estimate of drug-likeness (QED) is 0.347. The maximum atomic E-state index is 2.61. The fourth-order valence-electron chi connectivity index (χ4n) is 5.03. The molecule has 0 saturated heterocycles. The van der Waals surface area contributed by atoms with Crippen molar-refractivity contribution >= 4 is 32.7 Å². The summed E-state index contributed by atoms with van der Waals surface area (Å²) in [4.78, 5) is 0. The Labute approximate surface area is 159 Å². The molecular weight excluding hydrogens is 407 g/mol. The van der Waals surface area contributed by atoms with Crippen LogP contribution >= 0.6 is 0 Å². The van der Waals surface area contributed by atoms with Crippen molar-refractivity contribution in [2.24, 2.45) is 0 Å². The van der Waals surface area contributed by atoms with Crippen LogP contribution in [0.5, 0.6) is 0 Å². The van der Waals surface area contributed by atoms with Gasteiger partial charge in [-0.2, -0.15) is 0 Å². The summed E-state index contributed by atoms with van der Waals surface area (Å²) in [5.74, 6) is 0. The van der Waals surface area contributed by atoms with Gasteiger partial charge in [0.05, 0.1) is 0 Å². The van der Waals surface area contributed by atoms with Gasteiger partial charge in [-0.05, 0) is 0 Å². The van der Waals surface area contributed by atoms with Crippen molar-refractivity contribution in [1.82, 2.24) is 0 Å². The van der Waals surface area contributed by atoms with E-state index in [4.69, 9.17) is 0 Å². The van der Waals surface area contributed by atoms with Crippen molar-refractivity contribution in [3.05, 3.63) is 41.5 Å². The molecule has 0 saturated carbocycles. The zero-order valence-electron chi connectivity index (χ0n) is 16.7. The molecule has 2 aromatic carbocycles. The minimum absolute atomic E-state index is 1.26. The summed E-state index contributed by atoms with van der Waals surface area (Å²) in [5, 5.41) is 3.33. The van der Waals surface area contributed by atoms with Crippen molar-refractivity contribution < 1.29 is 0 Å². The van der Waals surface area contributed by atoms with E-state index >= 15 is 0 Å². The molecule has 0 heterocycles. The first-order chi connectivity index (χ1) is 12.3. The molecule has 0 amide bonds. The molecule has 0 N–H and O–H groups in total. The number of unbranched alkanes of at least 4 members (excludes halogenated alkanes) is 3. The van der Waals surface area contributed by atoms with E-state index in [1.54, 1.807) is 35.2 Å². The zero-order chi connectivity index (χ0) is 17.7. The Balaban J connectivity index is 2.12. The van der Waals surface area contributed by atoms with Gasteiger partial charge in [-0.15, -0.1) is 0 Å². The second-order valence-corrected chi connectivity index (χ2v) is 21.3. The van der Waals surface area contributed by atoms with Gasteiger partial charge in [0.25, 0.3) is 0 Å². The Morgan fingerprint density at radius 1 is 0.720 bits per heavy atom. The van der Waals surface area contributed by atoms with Gasteiger partial charge < -0.3 is 0 Å². The van der Waals surface area contributed by atoms with Crippen LogP contribution in [0.2, 0.25) is 13.3 Å². The van der Waals surface area contributed by atoms with Crippen molar-refractivity contribution in [3.63, 3.8) is 0 Å². The summed E-state index contributed by atoms with van der Waals surface area (Å²) in [7, 11) is 0. The summed E-state index contributed by atoms with van der Waals surface area (Å²) in [6.45, 7) is 7.14. The molecule has 1 aliphatic rings. The van der Waals surface area contributed by atoms with E-state index in [9.17, 15) is 0 Å². The maximum absolute atomic E-state index is 2.61. The fraction of sp³-hybridized carbons (Fsp3) is 0.583. The molecule has 3 rings (SSSR count). The number of benzene rings is 2. The summed E-state index contributed by atoms with van der Waals surface area (Å²) < 4.78 is 6.60. The summed E-state index contributed by atoms with van der Waals surface area (Å²) in [6.07, 6.45) is 11.0. The minimum atomic E-state index is -2.34. The molecule has 0 unspecified atom stereocenters. The number of hydrogen-bond acceptors (Lipinski definition) is 0. The molecule has 0 atom stereocenters. The topological polar surface area (TPSA) is 0 Å². The van der Waals surface area contributed by atoms with Crippen molar-refractivity contribution in [2.45, 2.75) is 85.4 Å². The predicted molar refractivity (Wildman–Crippen MR) is 116 cm³/mol. The molecular formula is C24H36Sn. The number of rotatable bonds is 10. The first kappa shape index (κ1) is 19.3. The third kappa shape index (κ3) is 3.94. The molecule has 25 heavy (non-hydrogen) atoms. The summed E-state index contributed by atoms with van der Waals surface area (Å²) >= 11 is -2.34. The first-order valence-electron chi connectivity index (χ1n) is 10.8. The third-order valence-electron chi connectivity index (χ3n) is 6.47. The molecule has 0 spiro atoms. The number of hydrogen-bond donors (Lipinski definition) is 0.